The summed E-state index contributed by atoms with van der Waals surface area (Å²) in [5.74, 6) is 2.29. The van der Waals surface area contributed by atoms with Gasteiger partial charge in [0.05, 0.1) is 14.2 Å². The molecule has 26 heavy (non-hydrogen) atoms. The van der Waals surface area contributed by atoms with Crippen LogP contribution in [0.25, 0.3) is 0 Å². The van der Waals surface area contributed by atoms with E-state index in [4.69, 9.17) is 9.47 Å². The van der Waals surface area contributed by atoms with Gasteiger partial charge in [-0.05, 0) is 36.6 Å². The van der Waals surface area contributed by atoms with Crippen LogP contribution < -0.4 is 19.7 Å². The second-order valence-electron chi connectivity index (χ2n) is 6.26. The average Bonchev–Trinajstić information content (AvgIpc) is 2.72. The molecule has 2 heterocycles. The summed E-state index contributed by atoms with van der Waals surface area (Å²) in [7, 11) is 3.21. The second-order valence-corrected chi connectivity index (χ2v) is 6.26. The van der Waals surface area contributed by atoms with Crippen molar-refractivity contribution in [1.29, 1.82) is 0 Å². The van der Waals surface area contributed by atoms with Crippen molar-refractivity contribution >= 4 is 11.7 Å². The van der Waals surface area contributed by atoms with Crippen molar-refractivity contribution in [3.63, 3.8) is 0 Å². The van der Waals surface area contributed by atoms with Crippen molar-refractivity contribution in [3.05, 3.63) is 42.0 Å². The van der Waals surface area contributed by atoms with Gasteiger partial charge in [0.2, 0.25) is 11.8 Å². The Bertz CT molecular complexity index is 711. The monoisotopic (exact) mass is 356 g/mol. The van der Waals surface area contributed by atoms with Gasteiger partial charge in [0.15, 0.2) is 5.82 Å². The number of benzene rings is 1. The first-order valence-corrected chi connectivity index (χ1v) is 8.73. The number of methoxy groups -OCH3 is 2. The number of rotatable bonds is 6. The molecule has 1 saturated heterocycles. The van der Waals surface area contributed by atoms with E-state index in [-0.39, 0.29) is 11.8 Å². The molecule has 1 aromatic heterocycles. The molecule has 1 aliphatic rings. The number of hydrogen-bond acceptors (Lipinski definition) is 6. The van der Waals surface area contributed by atoms with Crippen LogP contribution >= 0.6 is 0 Å². The first kappa shape index (κ1) is 18.0. The first-order valence-electron chi connectivity index (χ1n) is 8.73. The highest BCUT2D eigenvalue weighted by Crippen LogP contribution is 2.22. The zero-order chi connectivity index (χ0) is 18.4. The summed E-state index contributed by atoms with van der Waals surface area (Å²) < 4.78 is 10.2. The molecule has 1 amide bonds. The zero-order valence-corrected chi connectivity index (χ0v) is 15.1. The Morgan fingerprint density at radius 1 is 1.08 bits per heavy atom. The molecule has 0 spiro atoms. The summed E-state index contributed by atoms with van der Waals surface area (Å²) in [4.78, 5) is 14.6. The predicted octanol–water partition coefficient (Wildman–Crippen LogP) is 2.03. The number of hydrogen-bond donors (Lipinski definition) is 1. The van der Waals surface area contributed by atoms with Crippen molar-refractivity contribution in [3.8, 4) is 11.6 Å². The number of piperidine rings is 1. The van der Waals surface area contributed by atoms with Gasteiger partial charge >= 0.3 is 0 Å². The molecule has 2 aromatic rings. The van der Waals surface area contributed by atoms with Crippen molar-refractivity contribution in [2.24, 2.45) is 5.92 Å². The summed E-state index contributed by atoms with van der Waals surface area (Å²) in [5.41, 5.74) is 1.06. The minimum atomic E-state index is 0.0377. The molecule has 1 aliphatic heterocycles. The van der Waals surface area contributed by atoms with Crippen molar-refractivity contribution in [2.45, 2.75) is 19.4 Å². The Morgan fingerprint density at radius 3 is 2.38 bits per heavy atom. The molecule has 1 fully saturated rings. The van der Waals surface area contributed by atoms with E-state index in [0.717, 1.165) is 43.1 Å². The summed E-state index contributed by atoms with van der Waals surface area (Å²) in [6.45, 7) is 2.12. The third kappa shape index (κ3) is 4.41. The number of nitrogens with one attached hydrogen (secondary N) is 1. The van der Waals surface area contributed by atoms with E-state index >= 15 is 0 Å². The first-order chi connectivity index (χ1) is 12.7. The maximum atomic E-state index is 12.4. The molecular weight excluding hydrogens is 332 g/mol. The molecule has 0 atom stereocenters. The Morgan fingerprint density at radius 2 is 1.81 bits per heavy atom. The normalized spacial score (nSPS) is 14.8. The minimum Gasteiger partial charge on any atom is -0.497 e. The lowest BCUT2D eigenvalue weighted by atomic mass is 9.96. The molecule has 0 bridgehead atoms. The summed E-state index contributed by atoms with van der Waals surface area (Å²) >= 11 is 0. The molecule has 7 heteroatoms. The quantitative estimate of drug-likeness (QED) is 0.853. The average molecular weight is 356 g/mol. The Labute approximate surface area is 153 Å². The fourth-order valence-corrected chi connectivity index (χ4v) is 3.04. The molecule has 1 aromatic carbocycles. The van der Waals surface area contributed by atoms with Gasteiger partial charge in [0.25, 0.3) is 0 Å². The van der Waals surface area contributed by atoms with E-state index in [1.165, 1.54) is 0 Å². The van der Waals surface area contributed by atoms with Crippen LogP contribution in [0.2, 0.25) is 0 Å². The van der Waals surface area contributed by atoms with Gasteiger partial charge in [0.1, 0.15) is 5.75 Å². The number of carbonyl (C=O) groups excluding carboxylic acids is 1. The highest BCUT2D eigenvalue weighted by atomic mass is 16.5. The van der Waals surface area contributed by atoms with Crippen molar-refractivity contribution < 1.29 is 14.3 Å². The summed E-state index contributed by atoms with van der Waals surface area (Å²) in [6, 6.07) is 11.4. The van der Waals surface area contributed by atoms with Crippen molar-refractivity contribution in [2.75, 3.05) is 32.2 Å². The molecule has 1 N–H and O–H groups in total. The molecule has 7 nitrogen and oxygen atoms in total. The Hall–Kier alpha value is -2.83. The fraction of sp³-hybridized carbons (Fsp3) is 0.421. The molecular formula is C19H24N4O3. The van der Waals surface area contributed by atoms with Crippen LogP contribution in [0.3, 0.4) is 0 Å². The number of amides is 1. The van der Waals surface area contributed by atoms with Gasteiger partial charge in [-0.1, -0.05) is 12.1 Å². The fourth-order valence-electron chi connectivity index (χ4n) is 3.04. The third-order valence-electron chi connectivity index (χ3n) is 4.65. The second kappa shape index (κ2) is 8.51. The highest BCUT2D eigenvalue weighted by Gasteiger charge is 2.25. The summed E-state index contributed by atoms with van der Waals surface area (Å²) in [6.07, 6.45) is 1.62. The summed E-state index contributed by atoms with van der Waals surface area (Å²) in [5, 5.41) is 11.2. The smallest absolute Gasteiger partial charge is 0.233 e. The van der Waals surface area contributed by atoms with Crippen LogP contribution in [0, 0.1) is 5.92 Å². The lowest BCUT2D eigenvalue weighted by Gasteiger charge is -2.31. The van der Waals surface area contributed by atoms with Gasteiger partial charge in [-0.3, -0.25) is 4.79 Å². The van der Waals surface area contributed by atoms with E-state index in [1.54, 1.807) is 20.3 Å². The van der Waals surface area contributed by atoms with E-state index in [0.29, 0.717) is 12.4 Å². The zero-order valence-electron chi connectivity index (χ0n) is 15.1. The Balaban J connectivity index is 1.46. The largest absolute Gasteiger partial charge is 0.497 e. The van der Waals surface area contributed by atoms with Crippen molar-refractivity contribution in [1.82, 2.24) is 15.5 Å². The van der Waals surface area contributed by atoms with Gasteiger partial charge in [-0.15, -0.1) is 10.2 Å². The van der Waals surface area contributed by atoms with Crippen LogP contribution in [0.15, 0.2) is 36.4 Å². The van der Waals surface area contributed by atoms with Gasteiger partial charge in [-0.25, -0.2) is 0 Å². The molecule has 0 unspecified atom stereocenters. The maximum Gasteiger partial charge on any atom is 0.233 e. The standard InChI is InChI=1S/C19H24N4O3/c1-25-16-5-3-14(4-6-16)13-20-19(24)15-9-11-23(12-10-15)17-7-8-18(26-2)22-21-17/h3-8,15H,9-13H2,1-2H3,(H,20,24). The van der Waals surface area contributed by atoms with Gasteiger partial charge < -0.3 is 19.7 Å². The third-order valence-corrected chi connectivity index (χ3v) is 4.65. The number of carbonyl (C=O) groups is 1. The van der Waals surface area contributed by atoms with Crippen LogP contribution in [-0.2, 0) is 11.3 Å². The molecule has 0 saturated carbocycles. The van der Waals surface area contributed by atoms with E-state index in [1.807, 2.05) is 30.3 Å². The van der Waals surface area contributed by atoms with Crippen LogP contribution in [0.5, 0.6) is 11.6 Å². The van der Waals surface area contributed by atoms with Crippen LogP contribution in [0.4, 0.5) is 5.82 Å². The molecule has 0 aliphatic carbocycles. The number of ether oxygens (including phenoxy) is 2. The number of anilines is 1. The maximum absolute atomic E-state index is 12.4. The number of aromatic nitrogens is 2. The van der Waals surface area contributed by atoms with Crippen LogP contribution in [-0.4, -0.2) is 43.4 Å². The SMILES string of the molecule is COc1ccc(CNC(=O)C2CCN(c3ccc(OC)nn3)CC2)cc1. The molecule has 0 radical (unpaired) electrons. The van der Waals surface area contributed by atoms with E-state index in [9.17, 15) is 4.79 Å². The van der Waals surface area contributed by atoms with Gasteiger partial charge in [-0.2, -0.15) is 0 Å². The van der Waals surface area contributed by atoms with E-state index < -0.39 is 0 Å². The van der Waals surface area contributed by atoms with E-state index in [2.05, 4.69) is 20.4 Å². The lowest BCUT2D eigenvalue weighted by molar-refractivity contribution is -0.125. The number of nitrogens with zero attached hydrogens (tertiary/aromatic N) is 3. The topological polar surface area (TPSA) is 76.6 Å². The highest BCUT2D eigenvalue weighted by molar-refractivity contribution is 5.79. The van der Waals surface area contributed by atoms with Crippen LogP contribution in [0.1, 0.15) is 18.4 Å². The lowest BCUT2D eigenvalue weighted by Crippen LogP contribution is -2.40. The Kier molecular flexibility index (Phi) is 5.88. The molecule has 138 valence electrons. The molecule has 3 rings (SSSR count). The predicted molar refractivity (Wildman–Crippen MR) is 98.4 cm³/mol. The minimum absolute atomic E-state index is 0.0377. The van der Waals surface area contributed by atoms with Gasteiger partial charge in [0, 0.05) is 31.6 Å².